The molecule has 0 spiro atoms. The highest BCUT2D eigenvalue weighted by molar-refractivity contribution is 6.13. The Labute approximate surface area is 429 Å². The maximum Gasteiger partial charge on any atom is 0.109 e. The summed E-state index contributed by atoms with van der Waals surface area (Å²) in [6.07, 6.45) is 30.0. The van der Waals surface area contributed by atoms with E-state index in [2.05, 4.69) is 83.1 Å². The van der Waals surface area contributed by atoms with Crippen LogP contribution >= 0.6 is 0 Å². The SMILES string of the molecule is [B][C@@H]1CC2(CC)CCC1[C@@H]2C.[B][C@@H]1CC2(CC)CCCC1[C@@H]2C.[B][C@@H]1CC2(CC)CC[C@@H]1[C@@H]2C.[B][C@@H]1OC2(CC)CCC1[C@@H]2C.[B][C@@H]1OC2(CC)CCCC1[C@@H]2C.[B][C@@H]1OC2(CC)CC[C@@H]1[C@@H]2C. The Morgan fingerprint density at radius 3 is 0.882 bits per heavy atom. The van der Waals surface area contributed by atoms with E-state index in [0.717, 1.165) is 54.8 Å². The summed E-state index contributed by atoms with van der Waals surface area (Å²) in [6.45, 7) is 27.8. The molecule has 3 saturated heterocycles. The molecule has 9 heteroatoms. The van der Waals surface area contributed by atoms with Gasteiger partial charge in [-0.15, -0.1) is 0 Å². The van der Waals surface area contributed by atoms with Gasteiger partial charge in [0.15, 0.2) is 0 Å². The Hall–Kier alpha value is 0.270. The molecule has 12 aliphatic rings. The van der Waals surface area contributed by atoms with Crippen molar-refractivity contribution in [1.29, 1.82) is 0 Å². The zero-order chi connectivity index (χ0) is 49.8. The van der Waals surface area contributed by atoms with Gasteiger partial charge in [-0.1, -0.05) is 171 Å². The number of fused-ring (bicyclic) bond motifs is 12. The predicted molar refractivity (Wildman–Crippen MR) is 292 cm³/mol. The molecule has 68 heavy (non-hydrogen) atoms. The van der Waals surface area contributed by atoms with E-state index in [1.54, 1.807) is 0 Å². The lowest BCUT2D eigenvalue weighted by Gasteiger charge is -2.39. The number of hydrogen-bond donors (Lipinski definition) is 0. The topological polar surface area (TPSA) is 27.7 Å². The summed E-state index contributed by atoms with van der Waals surface area (Å²) in [5.41, 5.74) is 2.41. The van der Waals surface area contributed by atoms with Crippen LogP contribution in [-0.2, 0) is 14.2 Å². The summed E-state index contributed by atoms with van der Waals surface area (Å²) in [5.74, 6) is 10.8. The molecule has 24 atom stereocenters. The molecule has 12 fully saturated rings. The summed E-state index contributed by atoms with van der Waals surface area (Å²) in [6, 6.07) is 0.0693. The van der Waals surface area contributed by atoms with Crippen LogP contribution in [0.15, 0.2) is 0 Å². The van der Waals surface area contributed by atoms with Crippen molar-refractivity contribution >= 4 is 47.1 Å². The van der Waals surface area contributed by atoms with Crippen molar-refractivity contribution in [3.05, 3.63) is 0 Å². The van der Waals surface area contributed by atoms with E-state index in [9.17, 15) is 0 Å². The minimum atomic E-state index is 0.0162. The highest BCUT2D eigenvalue weighted by atomic mass is 16.5. The van der Waals surface area contributed by atoms with Crippen molar-refractivity contribution in [2.75, 3.05) is 0 Å². The van der Waals surface area contributed by atoms with E-state index in [0.29, 0.717) is 69.2 Å². The maximum atomic E-state index is 6.17. The standard InChI is InChI=1S/C11H19B.C10H17BO.2C10H17B.2C9H15BO/c1-3-11-6-4-5-9(8(11)2)10(12)7-11;1-3-10-6-4-5-8(7(10)2)9(11)12-10;2*1-3-10-5-4-8(7(10)2)9(11)6-10;2*1-3-9-5-4-7(6(9)2)8(10)11-9/h8-10H,3-7H2,1-2H3;7-9H,3-6H2,1-2H3;2*7-9H,3-6H2,1-2H3;2*6-8H,3-5H2,1-2H3/t8-,9?,10+,11?;2*7-,8?,9+,10?;7-,8+,9+,10?;6-,7?,8+,9?;6-,7+,8+,9?/m000000/s1. The van der Waals surface area contributed by atoms with E-state index in [1.807, 2.05) is 0 Å². The lowest BCUT2D eigenvalue weighted by atomic mass is 9.66. The van der Waals surface area contributed by atoms with Crippen molar-refractivity contribution in [2.24, 2.45) is 87.3 Å². The van der Waals surface area contributed by atoms with Gasteiger partial charge < -0.3 is 14.2 Å². The summed E-state index contributed by atoms with van der Waals surface area (Å²) >= 11 is 0. The first kappa shape index (κ1) is 56.0. The molecule has 10 unspecified atom stereocenters. The molecule has 12 rings (SSSR count). The van der Waals surface area contributed by atoms with Gasteiger partial charge >= 0.3 is 0 Å². The molecule has 12 radical (unpaired) electrons. The highest BCUT2D eigenvalue weighted by Gasteiger charge is 2.57. The minimum Gasteiger partial charge on any atom is -0.381 e. The molecule has 3 heterocycles. The second kappa shape index (κ2) is 21.9. The summed E-state index contributed by atoms with van der Waals surface area (Å²) in [5, 5.41) is 0. The Balaban J connectivity index is 0.000000121. The van der Waals surface area contributed by atoms with Gasteiger partial charge in [0.1, 0.15) is 23.5 Å². The van der Waals surface area contributed by atoms with Crippen LogP contribution in [0.5, 0.6) is 0 Å². The van der Waals surface area contributed by atoms with Gasteiger partial charge in [0, 0.05) is 18.0 Å². The molecule has 12 bridgehead atoms. The predicted octanol–water partition coefficient (Wildman–Crippen LogP) is 14.3. The first-order valence-electron chi connectivity index (χ1n) is 29.7. The van der Waals surface area contributed by atoms with Gasteiger partial charge in [0.05, 0.1) is 40.3 Å². The largest absolute Gasteiger partial charge is 0.381 e. The summed E-state index contributed by atoms with van der Waals surface area (Å²) in [4.78, 5) is 0. The Bertz CT molecular complexity index is 1450. The zero-order valence-corrected chi connectivity index (χ0v) is 46.3. The van der Waals surface area contributed by atoms with Gasteiger partial charge in [-0.3, -0.25) is 0 Å². The fourth-order valence-corrected chi connectivity index (χ4v) is 19.5. The molecule has 0 aromatic rings. The maximum absolute atomic E-state index is 6.17. The van der Waals surface area contributed by atoms with Gasteiger partial charge in [-0.2, -0.15) is 0 Å². The third-order valence-corrected chi connectivity index (χ3v) is 25.2. The molecule has 0 amide bonds. The van der Waals surface area contributed by atoms with Gasteiger partial charge in [0.25, 0.3) is 0 Å². The molecule has 3 nitrogen and oxygen atoms in total. The van der Waals surface area contributed by atoms with Crippen LogP contribution in [0.4, 0.5) is 0 Å². The van der Waals surface area contributed by atoms with E-state index in [4.69, 9.17) is 61.3 Å². The molecule has 0 aromatic carbocycles. The third kappa shape index (κ3) is 9.74. The second-order valence-corrected chi connectivity index (χ2v) is 26.4. The third-order valence-electron chi connectivity index (χ3n) is 25.2. The lowest BCUT2D eigenvalue weighted by molar-refractivity contribution is -0.0491. The van der Waals surface area contributed by atoms with Crippen molar-refractivity contribution < 1.29 is 14.2 Å². The van der Waals surface area contributed by atoms with Crippen LogP contribution in [0.25, 0.3) is 0 Å². The molecular weight excluding hydrogens is 822 g/mol. The quantitative estimate of drug-likeness (QED) is 0.249. The van der Waals surface area contributed by atoms with Crippen molar-refractivity contribution in [1.82, 2.24) is 0 Å². The Morgan fingerprint density at radius 1 is 0.324 bits per heavy atom. The number of ether oxygens (including phenoxy) is 3. The van der Waals surface area contributed by atoms with Crippen LogP contribution in [0.3, 0.4) is 0 Å². The smallest absolute Gasteiger partial charge is 0.109 e. The van der Waals surface area contributed by atoms with Crippen molar-refractivity contribution in [2.45, 2.75) is 283 Å². The minimum absolute atomic E-state index is 0.0162. The fraction of sp³-hybridized carbons (Fsp3) is 1.00. The van der Waals surface area contributed by atoms with Crippen LogP contribution in [-0.4, -0.2) is 81.9 Å². The summed E-state index contributed by atoms with van der Waals surface area (Å²) in [7, 11) is 36.0. The van der Waals surface area contributed by atoms with Crippen molar-refractivity contribution in [3.8, 4) is 0 Å². The van der Waals surface area contributed by atoms with Crippen LogP contribution < -0.4 is 0 Å². The zero-order valence-electron chi connectivity index (χ0n) is 46.3. The van der Waals surface area contributed by atoms with Gasteiger partial charge in [-0.25, -0.2) is 0 Å². The Morgan fingerprint density at radius 2 is 0.603 bits per heavy atom. The van der Waals surface area contributed by atoms with Crippen LogP contribution in [0.2, 0.25) is 17.5 Å². The molecule has 0 aromatic heterocycles. The average Bonchev–Trinajstić information content (AvgIpc) is 4.22. The number of rotatable bonds is 6. The summed E-state index contributed by atoms with van der Waals surface area (Å²) < 4.78 is 17.5. The van der Waals surface area contributed by atoms with Gasteiger partial charge in [-0.05, 0) is 164 Å². The van der Waals surface area contributed by atoms with Crippen molar-refractivity contribution in [3.63, 3.8) is 0 Å². The lowest BCUT2D eigenvalue weighted by Crippen LogP contribution is -2.37. The second-order valence-electron chi connectivity index (χ2n) is 26.4. The molecule has 3 aliphatic heterocycles. The van der Waals surface area contributed by atoms with E-state index in [1.165, 1.54) is 128 Å². The van der Waals surface area contributed by atoms with Crippen LogP contribution in [0.1, 0.15) is 231 Å². The molecular formula is C59H100B6O3. The van der Waals surface area contributed by atoms with E-state index in [-0.39, 0.29) is 34.8 Å². The van der Waals surface area contributed by atoms with E-state index >= 15 is 0 Å². The van der Waals surface area contributed by atoms with Crippen LogP contribution in [0, 0.1) is 87.3 Å². The molecule has 0 N–H and O–H groups in total. The monoisotopic (exact) mass is 923 g/mol. The Kier molecular flexibility index (Phi) is 18.0. The normalized spacial score (nSPS) is 54.4. The molecule has 372 valence electrons. The fourth-order valence-electron chi connectivity index (χ4n) is 19.5. The average molecular weight is 922 g/mol. The molecule has 9 saturated carbocycles. The van der Waals surface area contributed by atoms with Gasteiger partial charge in [0.2, 0.25) is 0 Å². The molecule has 9 aliphatic carbocycles. The first-order valence-corrected chi connectivity index (χ1v) is 29.7. The van der Waals surface area contributed by atoms with E-state index < -0.39 is 0 Å². The highest BCUT2D eigenvalue weighted by Crippen LogP contribution is 2.65. The number of hydrogen-bond acceptors (Lipinski definition) is 3. The first-order chi connectivity index (χ1) is 32.2.